The number of thiazole rings is 1. The van der Waals surface area contributed by atoms with Crippen LogP contribution in [0.4, 0.5) is 9.52 Å². The van der Waals surface area contributed by atoms with Gasteiger partial charge in [-0.1, -0.05) is 23.5 Å². The van der Waals surface area contributed by atoms with Gasteiger partial charge in [0.15, 0.2) is 5.13 Å². The van der Waals surface area contributed by atoms with E-state index >= 15 is 0 Å². The Hall–Kier alpha value is -4.05. The molecule has 0 radical (unpaired) electrons. The summed E-state index contributed by atoms with van der Waals surface area (Å²) < 4.78 is 23.7. The first kappa shape index (κ1) is 24.1. The molecule has 8 nitrogen and oxygen atoms in total. The molecule has 0 bridgehead atoms. The number of nitrogens with zero attached hydrogens (tertiary/aromatic N) is 2. The van der Waals surface area contributed by atoms with Gasteiger partial charge in [-0.3, -0.25) is 14.5 Å². The highest BCUT2D eigenvalue weighted by Gasteiger charge is 2.48. The molecule has 0 aliphatic carbocycles. The third-order valence-electron chi connectivity index (χ3n) is 5.68. The van der Waals surface area contributed by atoms with Gasteiger partial charge in [0.2, 0.25) is 0 Å². The molecule has 0 spiro atoms. The Balaban J connectivity index is 1.94. The molecule has 1 N–H and O–H groups in total. The van der Waals surface area contributed by atoms with Gasteiger partial charge in [-0.15, -0.1) is 0 Å². The molecule has 4 rings (SSSR count). The van der Waals surface area contributed by atoms with E-state index in [1.165, 1.54) is 38.5 Å². The van der Waals surface area contributed by atoms with Crippen LogP contribution < -0.4 is 9.64 Å². The summed E-state index contributed by atoms with van der Waals surface area (Å²) in [4.78, 5) is 44.2. The number of ether oxygens (including phenoxy) is 2. The van der Waals surface area contributed by atoms with E-state index in [1.807, 2.05) is 0 Å². The van der Waals surface area contributed by atoms with Crippen LogP contribution in [0.5, 0.6) is 5.75 Å². The van der Waals surface area contributed by atoms with E-state index in [4.69, 9.17) is 9.47 Å². The van der Waals surface area contributed by atoms with Gasteiger partial charge in [-0.25, -0.2) is 14.2 Å². The fourth-order valence-corrected chi connectivity index (χ4v) is 4.94. The molecule has 1 amide bonds. The van der Waals surface area contributed by atoms with E-state index in [2.05, 4.69) is 4.98 Å². The number of amides is 1. The maximum Gasteiger partial charge on any atom is 0.350 e. The number of Topliss-reactive ketones (excluding diaryl/α,β-unsaturated/α-hetero) is 1. The molecule has 0 saturated carbocycles. The number of hydrogen-bond acceptors (Lipinski definition) is 8. The highest BCUT2D eigenvalue weighted by molar-refractivity contribution is 7.17. The van der Waals surface area contributed by atoms with Gasteiger partial charge in [-0.2, -0.15) is 0 Å². The molecule has 10 heteroatoms. The second-order valence-electron chi connectivity index (χ2n) is 7.80. The van der Waals surface area contributed by atoms with Gasteiger partial charge in [-0.05, 0) is 55.3 Å². The lowest BCUT2D eigenvalue weighted by Gasteiger charge is -2.23. The number of esters is 1. The van der Waals surface area contributed by atoms with Crippen molar-refractivity contribution in [2.24, 2.45) is 0 Å². The van der Waals surface area contributed by atoms with Gasteiger partial charge < -0.3 is 14.6 Å². The first-order valence-electron chi connectivity index (χ1n) is 10.4. The van der Waals surface area contributed by atoms with Crippen LogP contribution in [0.15, 0.2) is 48.0 Å². The molecular weight excluding hydrogens is 475 g/mol. The fourth-order valence-electron chi connectivity index (χ4n) is 3.93. The van der Waals surface area contributed by atoms with Crippen molar-refractivity contribution in [3.63, 3.8) is 0 Å². The van der Waals surface area contributed by atoms with Gasteiger partial charge >= 0.3 is 11.9 Å². The van der Waals surface area contributed by atoms with Crippen molar-refractivity contribution < 1.29 is 33.4 Å². The van der Waals surface area contributed by atoms with E-state index < -0.39 is 29.5 Å². The topological polar surface area (TPSA) is 106 Å². The number of rotatable bonds is 5. The number of aliphatic hydroxyl groups is 1. The Bertz CT molecular complexity index is 1380. The zero-order valence-corrected chi connectivity index (χ0v) is 20.1. The highest BCUT2D eigenvalue weighted by atomic mass is 32.1. The number of aromatic nitrogens is 1. The Kier molecular flexibility index (Phi) is 6.40. The summed E-state index contributed by atoms with van der Waals surface area (Å²) in [6, 6.07) is 9.03. The Morgan fingerprint density at radius 3 is 2.40 bits per heavy atom. The summed E-state index contributed by atoms with van der Waals surface area (Å²) >= 11 is 0.887. The minimum atomic E-state index is -1.10. The standard InChI is InChI=1S/C25H21FN2O6S/c1-12-11-16(33-3)9-10-17(12)20(29)18-19(14-5-7-15(26)8-6-14)28(23(31)21(18)30)25-27-13(2)22(35-25)24(32)34-4/h5-11,19,29H,1-4H3/b20-18+. The normalized spacial score (nSPS) is 17.1. The smallest absolute Gasteiger partial charge is 0.350 e. The minimum Gasteiger partial charge on any atom is -0.507 e. The monoisotopic (exact) mass is 496 g/mol. The van der Waals surface area contributed by atoms with Crippen molar-refractivity contribution in [3.8, 4) is 5.75 Å². The molecule has 1 atom stereocenters. The molecule has 35 heavy (non-hydrogen) atoms. The molecule has 1 aliphatic rings. The average Bonchev–Trinajstić information content (AvgIpc) is 3.35. The summed E-state index contributed by atoms with van der Waals surface area (Å²) in [6.45, 7) is 3.31. The molecule has 1 aliphatic heterocycles. The Morgan fingerprint density at radius 1 is 1.11 bits per heavy atom. The molecule has 180 valence electrons. The van der Waals surface area contributed by atoms with Gasteiger partial charge in [0, 0.05) is 5.56 Å². The number of aryl methyl sites for hydroxylation is 2. The number of ketones is 1. The lowest BCUT2D eigenvalue weighted by atomic mass is 9.94. The summed E-state index contributed by atoms with van der Waals surface area (Å²) in [5, 5.41) is 11.3. The largest absolute Gasteiger partial charge is 0.507 e. The van der Waals surface area contributed by atoms with E-state index in [-0.39, 0.29) is 21.3 Å². The summed E-state index contributed by atoms with van der Waals surface area (Å²) in [5.41, 5.74) is 1.47. The number of methoxy groups -OCH3 is 2. The number of carbonyl (C=O) groups is 3. The third-order valence-corrected chi connectivity index (χ3v) is 6.82. The van der Waals surface area contributed by atoms with E-state index in [0.29, 0.717) is 28.1 Å². The van der Waals surface area contributed by atoms with Crippen LogP contribution >= 0.6 is 11.3 Å². The predicted molar refractivity (Wildman–Crippen MR) is 127 cm³/mol. The zero-order valence-electron chi connectivity index (χ0n) is 19.3. The van der Waals surface area contributed by atoms with E-state index in [1.54, 1.807) is 32.0 Å². The zero-order chi connectivity index (χ0) is 25.4. The third kappa shape index (κ3) is 4.17. The summed E-state index contributed by atoms with van der Waals surface area (Å²) in [6.07, 6.45) is 0. The molecule has 2 heterocycles. The van der Waals surface area contributed by atoms with Crippen LogP contribution in [0, 0.1) is 19.7 Å². The average molecular weight is 497 g/mol. The van der Waals surface area contributed by atoms with Crippen molar-refractivity contribution in [2.45, 2.75) is 19.9 Å². The number of aliphatic hydroxyl groups excluding tert-OH is 1. The maximum absolute atomic E-state index is 13.7. The maximum atomic E-state index is 13.7. The second kappa shape index (κ2) is 9.30. The first-order valence-corrected chi connectivity index (χ1v) is 11.3. The van der Waals surface area contributed by atoms with Crippen LogP contribution in [0.2, 0.25) is 0 Å². The van der Waals surface area contributed by atoms with Crippen LogP contribution in [0.25, 0.3) is 5.76 Å². The first-order chi connectivity index (χ1) is 16.7. The fraction of sp³-hybridized carbons (Fsp3) is 0.200. The summed E-state index contributed by atoms with van der Waals surface area (Å²) in [7, 11) is 2.73. The van der Waals surface area contributed by atoms with Crippen molar-refractivity contribution in [3.05, 3.63) is 81.1 Å². The molecule has 1 fully saturated rings. The van der Waals surface area contributed by atoms with E-state index in [0.717, 1.165) is 16.2 Å². The molecule has 1 unspecified atom stereocenters. The minimum absolute atomic E-state index is 0.0739. The SMILES string of the molecule is COC(=O)c1sc(N2C(=O)C(=O)/C(=C(/O)c3ccc(OC)cc3C)C2c2ccc(F)cc2)nc1C. The molecule has 1 aromatic heterocycles. The second-order valence-corrected chi connectivity index (χ2v) is 8.78. The van der Waals surface area contributed by atoms with Gasteiger partial charge in [0.1, 0.15) is 22.2 Å². The van der Waals surface area contributed by atoms with Crippen molar-refractivity contribution in [1.82, 2.24) is 4.98 Å². The quantitative estimate of drug-likeness (QED) is 0.243. The van der Waals surface area contributed by atoms with Crippen molar-refractivity contribution >= 4 is 39.9 Å². The Morgan fingerprint density at radius 2 is 1.80 bits per heavy atom. The highest BCUT2D eigenvalue weighted by Crippen LogP contribution is 2.44. The Labute approximate surface area is 204 Å². The molecular formula is C25H21FN2O6S. The van der Waals surface area contributed by atoms with Crippen molar-refractivity contribution in [2.75, 3.05) is 19.1 Å². The lowest BCUT2D eigenvalue weighted by Crippen LogP contribution is -2.29. The van der Waals surface area contributed by atoms with Crippen LogP contribution in [-0.2, 0) is 14.3 Å². The van der Waals surface area contributed by atoms with Gasteiger partial charge in [0.25, 0.3) is 5.78 Å². The number of carbonyl (C=O) groups excluding carboxylic acids is 3. The van der Waals surface area contributed by atoms with Gasteiger partial charge in [0.05, 0.1) is 31.5 Å². The van der Waals surface area contributed by atoms with Crippen LogP contribution in [-0.4, -0.2) is 42.0 Å². The molecule has 2 aromatic carbocycles. The molecule has 1 saturated heterocycles. The number of anilines is 1. The number of hydrogen-bond donors (Lipinski definition) is 1. The number of benzene rings is 2. The van der Waals surface area contributed by atoms with E-state index in [9.17, 15) is 23.9 Å². The summed E-state index contributed by atoms with van der Waals surface area (Å²) in [5.74, 6) is -2.83. The lowest BCUT2D eigenvalue weighted by molar-refractivity contribution is -0.132. The van der Waals surface area contributed by atoms with Crippen LogP contribution in [0.1, 0.15) is 38.1 Å². The molecule has 3 aromatic rings. The van der Waals surface area contributed by atoms with Crippen LogP contribution in [0.3, 0.4) is 0 Å². The number of halogens is 1. The van der Waals surface area contributed by atoms with Crippen molar-refractivity contribution in [1.29, 1.82) is 0 Å². The predicted octanol–water partition coefficient (Wildman–Crippen LogP) is 4.32.